The maximum Gasteiger partial charge on any atom is 0.270 e. The minimum absolute atomic E-state index is 0.111. The summed E-state index contributed by atoms with van der Waals surface area (Å²) in [4.78, 5) is 14.5. The Morgan fingerprint density at radius 1 is 1.12 bits per heavy atom. The molecule has 0 aliphatic heterocycles. The number of benzene rings is 2. The van der Waals surface area contributed by atoms with E-state index in [1.54, 1.807) is 42.7 Å². The molecule has 33 heavy (non-hydrogen) atoms. The summed E-state index contributed by atoms with van der Waals surface area (Å²) in [6.45, 7) is -0.111. The van der Waals surface area contributed by atoms with E-state index in [2.05, 4.69) is 14.8 Å². The van der Waals surface area contributed by atoms with Crippen LogP contribution in [0.3, 0.4) is 0 Å². The molecule has 2 heterocycles. The number of aromatic nitrogens is 3. The third-order valence-corrected chi connectivity index (χ3v) is 6.35. The molecule has 2 aromatic heterocycles. The van der Waals surface area contributed by atoms with E-state index in [0.29, 0.717) is 28.1 Å². The molecule has 0 unspecified atom stereocenters. The summed E-state index contributed by atoms with van der Waals surface area (Å²) in [6.07, 6.45) is 3.17. The fourth-order valence-corrected chi connectivity index (χ4v) is 4.46. The summed E-state index contributed by atoms with van der Waals surface area (Å²) in [5.41, 5.74) is 0.752. The van der Waals surface area contributed by atoms with Gasteiger partial charge in [-0.25, -0.2) is 22.8 Å². The second-order valence-electron chi connectivity index (χ2n) is 6.90. The lowest BCUT2D eigenvalue weighted by Gasteiger charge is -2.14. The second kappa shape index (κ2) is 8.84. The number of nitro groups is 1. The molecule has 0 aliphatic rings. The van der Waals surface area contributed by atoms with Gasteiger partial charge in [0.15, 0.2) is 5.65 Å². The minimum atomic E-state index is -4.19. The first kappa shape index (κ1) is 22.2. The predicted octanol–water partition coefficient (Wildman–Crippen LogP) is 2.82. The Kier molecular flexibility index (Phi) is 5.94. The van der Waals surface area contributed by atoms with Gasteiger partial charge in [0.2, 0.25) is 10.0 Å². The summed E-state index contributed by atoms with van der Waals surface area (Å²) in [5.74, 6) is 0.986. The van der Waals surface area contributed by atoms with Crippen LogP contribution in [0, 0.1) is 10.1 Å². The van der Waals surface area contributed by atoms with E-state index < -0.39 is 14.9 Å². The topological polar surface area (TPSA) is 138 Å². The lowest BCUT2D eigenvalue weighted by Crippen LogP contribution is -2.25. The molecule has 170 valence electrons. The third kappa shape index (κ3) is 4.47. The first-order valence-corrected chi connectivity index (χ1v) is 11.1. The number of sulfonamides is 1. The Morgan fingerprint density at radius 3 is 2.64 bits per heavy atom. The highest BCUT2D eigenvalue weighted by Crippen LogP contribution is 2.28. The molecule has 0 fully saturated rings. The van der Waals surface area contributed by atoms with Crippen LogP contribution in [0.25, 0.3) is 16.7 Å². The first-order valence-electron chi connectivity index (χ1n) is 9.62. The normalized spacial score (nSPS) is 11.5. The molecular weight excluding hydrogens is 450 g/mol. The van der Waals surface area contributed by atoms with Gasteiger partial charge >= 0.3 is 0 Å². The quantitative estimate of drug-likeness (QED) is 0.307. The number of nitrogens with one attached hydrogen (secondary N) is 1. The number of pyridine rings is 1. The van der Waals surface area contributed by atoms with Crippen LogP contribution >= 0.6 is 0 Å². The summed E-state index contributed by atoms with van der Waals surface area (Å²) in [6, 6.07) is 12.0. The number of methoxy groups -OCH3 is 2. The van der Waals surface area contributed by atoms with Crippen molar-refractivity contribution in [2.45, 2.75) is 11.4 Å². The minimum Gasteiger partial charge on any atom is -0.497 e. The van der Waals surface area contributed by atoms with E-state index in [9.17, 15) is 18.5 Å². The van der Waals surface area contributed by atoms with Gasteiger partial charge in [0.05, 0.1) is 24.8 Å². The SMILES string of the molecule is COc1ccc(CNS(=O)(=O)c2cc([N+](=O)[O-])ccc2-n2cc3cccnc3n2)c(OC)c1. The van der Waals surface area contributed by atoms with Crippen molar-refractivity contribution in [3.8, 4) is 17.2 Å². The van der Waals surface area contributed by atoms with Crippen molar-refractivity contribution < 1.29 is 22.8 Å². The van der Waals surface area contributed by atoms with Crippen molar-refractivity contribution in [1.29, 1.82) is 0 Å². The zero-order valence-electron chi connectivity index (χ0n) is 17.6. The number of fused-ring (bicyclic) bond motifs is 1. The lowest BCUT2D eigenvalue weighted by atomic mass is 10.2. The number of hydrogen-bond donors (Lipinski definition) is 1. The smallest absolute Gasteiger partial charge is 0.270 e. The van der Waals surface area contributed by atoms with Crippen LogP contribution in [0.15, 0.2) is 65.8 Å². The second-order valence-corrected chi connectivity index (χ2v) is 8.64. The predicted molar refractivity (Wildman–Crippen MR) is 119 cm³/mol. The maximum absolute atomic E-state index is 13.3. The molecule has 0 amide bonds. The molecule has 0 radical (unpaired) electrons. The number of nitrogens with zero attached hydrogens (tertiary/aromatic N) is 4. The zero-order valence-corrected chi connectivity index (χ0v) is 18.4. The summed E-state index contributed by atoms with van der Waals surface area (Å²) in [5, 5.41) is 16.3. The molecule has 0 bridgehead atoms. The van der Waals surface area contributed by atoms with Crippen LogP contribution in [-0.4, -0.2) is 42.3 Å². The fourth-order valence-electron chi connectivity index (χ4n) is 3.25. The number of nitro benzene ring substituents is 1. The van der Waals surface area contributed by atoms with Crippen LogP contribution in [0.5, 0.6) is 11.5 Å². The van der Waals surface area contributed by atoms with Crippen LogP contribution in [0.1, 0.15) is 5.56 Å². The van der Waals surface area contributed by atoms with E-state index in [1.165, 1.54) is 31.0 Å². The molecule has 0 spiro atoms. The summed E-state index contributed by atoms with van der Waals surface area (Å²) < 4.78 is 40.8. The highest BCUT2D eigenvalue weighted by atomic mass is 32.2. The largest absolute Gasteiger partial charge is 0.497 e. The van der Waals surface area contributed by atoms with Crippen LogP contribution in [0.2, 0.25) is 0 Å². The Bertz CT molecular complexity index is 1420. The lowest BCUT2D eigenvalue weighted by molar-refractivity contribution is -0.385. The monoisotopic (exact) mass is 469 g/mol. The van der Waals surface area contributed by atoms with E-state index in [1.807, 2.05) is 0 Å². The van der Waals surface area contributed by atoms with Crippen LogP contribution in [0.4, 0.5) is 5.69 Å². The van der Waals surface area contributed by atoms with Gasteiger partial charge in [-0.2, -0.15) is 0 Å². The molecule has 4 aromatic rings. The maximum atomic E-state index is 13.3. The van der Waals surface area contributed by atoms with Gasteiger partial charge in [-0.05, 0) is 24.3 Å². The average molecular weight is 469 g/mol. The molecule has 2 aromatic carbocycles. The van der Waals surface area contributed by atoms with Gasteiger partial charge in [0.1, 0.15) is 16.4 Å². The highest BCUT2D eigenvalue weighted by Gasteiger charge is 2.24. The van der Waals surface area contributed by atoms with Gasteiger partial charge in [-0.15, -0.1) is 5.10 Å². The van der Waals surface area contributed by atoms with Gasteiger partial charge in [-0.1, -0.05) is 6.07 Å². The van der Waals surface area contributed by atoms with E-state index in [0.717, 1.165) is 6.07 Å². The molecule has 0 aliphatic carbocycles. The summed E-state index contributed by atoms with van der Waals surface area (Å²) in [7, 11) is -1.22. The van der Waals surface area contributed by atoms with Crippen LogP contribution < -0.4 is 14.2 Å². The zero-order chi connectivity index (χ0) is 23.6. The van der Waals surface area contributed by atoms with Crippen molar-refractivity contribution in [2.24, 2.45) is 0 Å². The molecule has 0 saturated heterocycles. The Labute approximate surface area is 188 Å². The molecule has 0 atom stereocenters. The van der Waals surface area contributed by atoms with E-state index >= 15 is 0 Å². The molecule has 12 heteroatoms. The Hall–Kier alpha value is -4.03. The van der Waals surface area contributed by atoms with Crippen molar-refractivity contribution >= 4 is 26.7 Å². The van der Waals surface area contributed by atoms with Crippen molar-refractivity contribution in [3.63, 3.8) is 0 Å². The Balaban J connectivity index is 1.74. The fraction of sp³-hybridized carbons (Fsp3) is 0.143. The number of non-ortho nitro benzene ring substituents is 1. The molecule has 4 rings (SSSR count). The van der Waals surface area contributed by atoms with Gasteiger partial charge in [0.25, 0.3) is 5.69 Å². The Morgan fingerprint density at radius 2 is 1.94 bits per heavy atom. The molecular formula is C21H19N5O6S. The van der Waals surface area contributed by atoms with E-state index in [-0.39, 0.29) is 22.8 Å². The van der Waals surface area contributed by atoms with Crippen molar-refractivity contribution in [3.05, 3.63) is 76.6 Å². The number of rotatable bonds is 8. The standard InChI is InChI=1S/C21H19N5O6S/c1-31-17-7-5-14(19(11-17)32-2)12-23-33(29,30)20-10-16(26(27)28)6-8-18(20)25-13-15-4-3-9-22-21(15)24-25/h3-11,13,23H,12H2,1-2H3. The average Bonchev–Trinajstić information content (AvgIpc) is 3.26. The number of ether oxygens (including phenoxy) is 2. The first-order chi connectivity index (χ1) is 15.8. The summed E-state index contributed by atoms with van der Waals surface area (Å²) >= 11 is 0. The van der Waals surface area contributed by atoms with Crippen LogP contribution in [-0.2, 0) is 16.6 Å². The van der Waals surface area contributed by atoms with Crippen molar-refractivity contribution in [2.75, 3.05) is 14.2 Å². The molecule has 11 nitrogen and oxygen atoms in total. The van der Waals surface area contributed by atoms with Crippen molar-refractivity contribution in [1.82, 2.24) is 19.5 Å². The van der Waals surface area contributed by atoms with Gasteiger partial charge in [-0.3, -0.25) is 10.1 Å². The highest BCUT2D eigenvalue weighted by molar-refractivity contribution is 7.89. The molecule has 0 saturated carbocycles. The van der Waals surface area contributed by atoms with Gasteiger partial charge < -0.3 is 9.47 Å². The molecule has 1 N–H and O–H groups in total. The third-order valence-electron chi connectivity index (χ3n) is 4.92. The van der Waals surface area contributed by atoms with Gasteiger partial charge in [0, 0.05) is 48.1 Å². The number of hydrogen-bond acceptors (Lipinski definition) is 8. The van der Waals surface area contributed by atoms with E-state index in [4.69, 9.17) is 9.47 Å².